The molecule has 0 bridgehead atoms. The first kappa shape index (κ1) is 20.2. The summed E-state index contributed by atoms with van der Waals surface area (Å²) in [6, 6.07) is 7.34. The smallest absolute Gasteiger partial charge is 0.124 e. The normalized spacial score (nSPS) is 19.5. The van der Waals surface area contributed by atoms with Crippen LogP contribution >= 0.6 is 0 Å². The van der Waals surface area contributed by atoms with Gasteiger partial charge in [0.05, 0.1) is 13.7 Å². The van der Waals surface area contributed by atoms with Gasteiger partial charge in [-0.05, 0) is 44.9 Å². The molecule has 1 saturated heterocycles. The molecule has 5 nitrogen and oxygen atoms in total. The summed E-state index contributed by atoms with van der Waals surface area (Å²) in [6.45, 7) is 12.1. The van der Waals surface area contributed by atoms with E-state index < -0.39 is 0 Å². The predicted octanol–water partition coefficient (Wildman–Crippen LogP) is 2.51. The summed E-state index contributed by atoms with van der Waals surface area (Å²) in [4.78, 5) is 5.01. The Kier molecular flexibility index (Phi) is 8.16. The second-order valence-electron chi connectivity index (χ2n) is 7.02. The van der Waals surface area contributed by atoms with E-state index in [-0.39, 0.29) is 6.61 Å². The first-order valence-corrected chi connectivity index (χ1v) is 9.41. The van der Waals surface area contributed by atoms with Crippen LogP contribution in [0.25, 0.3) is 0 Å². The Morgan fingerprint density at radius 3 is 2.72 bits per heavy atom. The van der Waals surface area contributed by atoms with E-state index in [9.17, 15) is 5.11 Å². The number of methoxy groups -OCH3 is 1. The van der Waals surface area contributed by atoms with Crippen LogP contribution < -0.4 is 4.74 Å². The molecule has 142 valence electrons. The van der Waals surface area contributed by atoms with E-state index in [4.69, 9.17) is 9.47 Å². The van der Waals surface area contributed by atoms with Crippen molar-refractivity contribution in [3.63, 3.8) is 0 Å². The SMILES string of the molecule is CCOCc1cc(CN2CCN(C(C)C)[C@@H](CCO)C2)ccc1OC. The third kappa shape index (κ3) is 5.68. The maximum absolute atomic E-state index is 9.40. The van der Waals surface area contributed by atoms with E-state index in [2.05, 4.69) is 35.8 Å². The van der Waals surface area contributed by atoms with Crippen molar-refractivity contribution in [1.29, 1.82) is 0 Å². The monoisotopic (exact) mass is 350 g/mol. The summed E-state index contributed by atoms with van der Waals surface area (Å²) in [6.07, 6.45) is 0.840. The maximum Gasteiger partial charge on any atom is 0.124 e. The summed E-state index contributed by atoms with van der Waals surface area (Å²) in [5.41, 5.74) is 2.39. The molecule has 1 aromatic rings. The number of hydrogen-bond acceptors (Lipinski definition) is 5. The quantitative estimate of drug-likeness (QED) is 0.741. The van der Waals surface area contributed by atoms with E-state index in [1.54, 1.807) is 7.11 Å². The second kappa shape index (κ2) is 10.1. The van der Waals surface area contributed by atoms with Crippen LogP contribution in [0.1, 0.15) is 38.3 Å². The zero-order chi connectivity index (χ0) is 18.2. The fourth-order valence-electron chi connectivity index (χ4n) is 3.68. The number of ether oxygens (including phenoxy) is 2. The molecule has 0 radical (unpaired) electrons. The number of aliphatic hydroxyl groups excluding tert-OH is 1. The number of rotatable bonds is 9. The fourth-order valence-corrected chi connectivity index (χ4v) is 3.68. The molecule has 0 amide bonds. The molecule has 1 aliphatic rings. The van der Waals surface area contributed by atoms with Crippen LogP contribution in [0.4, 0.5) is 0 Å². The number of aliphatic hydroxyl groups is 1. The minimum Gasteiger partial charge on any atom is -0.496 e. The number of piperazine rings is 1. The van der Waals surface area contributed by atoms with Crippen molar-refractivity contribution >= 4 is 0 Å². The average Bonchev–Trinajstić information content (AvgIpc) is 2.60. The Bertz CT molecular complexity index is 522. The third-order valence-electron chi connectivity index (χ3n) is 4.95. The zero-order valence-electron chi connectivity index (χ0n) is 16.2. The molecular formula is C20H34N2O3. The Balaban J connectivity index is 2.03. The van der Waals surface area contributed by atoms with Crippen molar-refractivity contribution in [3.05, 3.63) is 29.3 Å². The lowest BCUT2D eigenvalue weighted by molar-refractivity contribution is 0.0349. The Morgan fingerprint density at radius 2 is 2.08 bits per heavy atom. The van der Waals surface area contributed by atoms with E-state index in [1.165, 1.54) is 5.56 Å². The Morgan fingerprint density at radius 1 is 1.28 bits per heavy atom. The largest absolute Gasteiger partial charge is 0.496 e. The van der Waals surface area contributed by atoms with E-state index in [0.29, 0.717) is 25.3 Å². The highest BCUT2D eigenvalue weighted by Gasteiger charge is 2.28. The molecule has 25 heavy (non-hydrogen) atoms. The zero-order valence-corrected chi connectivity index (χ0v) is 16.2. The van der Waals surface area contributed by atoms with Crippen molar-refractivity contribution in [2.24, 2.45) is 0 Å². The summed E-state index contributed by atoms with van der Waals surface area (Å²) in [5, 5.41) is 9.40. The molecular weight excluding hydrogens is 316 g/mol. The molecule has 1 atom stereocenters. The van der Waals surface area contributed by atoms with Crippen LogP contribution in [-0.4, -0.2) is 66.9 Å². The summed E-state index contributed by atoms with van der Waals surface area (Å²) in [5.74, 6) is 0.889. The topological polar surface area (TPSA) is 45.2 Å². The number of nitrogens with zero attached hydrogens (tertiary/aromatic N) is 2. The molecule has 1 fully saturated rings. The van der Waals surface area contributed by atoms with Gasteiger partial charge in [-0.1, -0.05) is 6.07 Å². The molecule has 0 unspecified atom stereocenters. The summed E-state index contributed by atoms with van der Waals surface area (Å²) < 4.78 is 11.0. The highest BCUT2D eigenvalue weighted by atomic mass is 16.5. The number of benzene rings is 1. The predicted molar refractivity (Wildman–Crippen MR) is 101 cm³/mol. The van der Waals surface area contributed by atoms with Crippen LogP contribution in [0.3, 0.4) is 0 Å². The van der Waals surface area contributed by atoms with Crippen LogP contribution in [0.15, 0.2) is 18.2 Å². The minimum absolute atomic E-state index is 0.253. The molecule has 0 saturated carbocycles. The van der Waals surface area contributed by atoms with Crippen LogP contribution in [-0.2, 0) is 17.9 Å². The van der Waals surface area contributed by atoms with Gasteiger partial charge in [0.25, 0.3) is 0 Å². The van der Waals surface area contributed by atoms with Gasteiger partial charge in [-0.15, -0.1) is 0 Å². The van der Waals surface area contributed by atoms with E-state index in [0.717, 1.165) is 43.9 Å². The second-order valence-corrected chi connectivity index (χ2v) is 7.02. The van der Waals surface area contributed by atoms with Crippen molar-refractivity contribution < 1.29 is 14.6 Å². The Labute approximate surface area is 152 Å². The van der Waals surface area contributed by atoms with Crippen LogP contribution in [0.5, 0.6) is 5.75 Å². The first-order chi connectivity index (χ1) is 12.1. The molecule has 1 N–H and O–H groups in total. The molecule has 0 aliphatic carbocycles. The summed E-state index contributed by atoms with van der Waals surface area (Å²) in [7, 11) is 1.70. The lowest BCUT2D eigenvalue weighted by Crippen LogP contribution is -2.55. The fraction of sp³-hybridized carbons (Fsp3) is 0.700. The van der Waals surface area contributed by atoms with Gasteiger partial charge >= 0.3 is 0 Å². The molecule has 2 rings (SSSR count). The van der Waals surface area contributed by atoms with Gasteiger partial charge in [-0.3, -0.25) is 9.80 Å². The average molecular weight is 351 g/mol. The van der Waals surface area contributed by atoms with E-state index >= 15 is 0 Å². The molecule has 0 aromatic heterocycles. The van der Waals surface area contributed by atoms with Crippen molar-refractivity contribution in [1.82, 2.24) is 9.80 Å². The molecule has 5 heteroatoms. The molecule has 1 aliphatic heterocycles. The van der Waals surface area contributed by atoms with E-state index in [1.807, 2.05) is 13.0 Å². The maximum atomic E-state index is 9.40. The molecule has 1 heterocycles. The van der Waals surface area contributed by atoms with Crippen molar-refractivity contribution in [3.8, 4) is 5.75 Å². The van der Waals surface area contributed by atoms with Gasteiger partial charge in [-0.2, -0.15) is 0 Å². The molecule has 0 spiro atoms. The lowest BCUT2D eigenvalue weighted by Gasteiger charge is -2.43. The lowest BCUT2D eigenvalue weighted by atomic mass is 10.0. The molecule has 1 aromatic carbocycles. The van der Waals surface area contributed by atoms with Gasteiger partial charge in [0.1, 0.15) is 5.75 Å². The Hall–Kier alpha value is -1.14. The minimum atomic E-state index is 0.253. The van der Waals surface area contributed by atoms with Crippen molar-refractivity contribution in [2.75, 3.05) is 40.0 Å². The van der Waals surface area contributed by atoms with Gasteiger partial charge in [-0.25, -0.2) is 0 Å². The van der Waals surface area contributed by atoms with Crippen molar-refractivity contribution in [2.45, 2.75) is 52.4 Å². The summed E-state index contributed by atoms with van der Waals surface area (Å²) >= 11 is 0. The van der Waals surface area contributed by atoms with Gasteiger partial charge in [0.15, 0.2) is 0 Å². The number of hydrogen-bond donors (Lipinski definition) is 1. The van der Waals surface area contributed by atoms with Crippen LogP contribution in [0, 0.1) is 0 Å². The first-order valence-electron chi connectivity index (χ1n) is 9.41. The standard InChI is InChI=1S/C20H34N2O3/c1-5-25-15-18-12-17(6-7-20(18)24-4)13-21-9-10-22(16(2)3)19(14-21)8-11-23/h6-7,12,16,19,23H,5,8-11,13-15H2,1-4H3/t19-/m0/s1. The van der Waals surface area contributed by atoms with Gasteiger partial charge < -0.3 is 14.6 Å². The highest BCUT2D eigenvalue weighted by Crippen LogP contribution is 2.23. The van der Waals surface area contributed by atoms with Crippen LogP contribution in [0.2, 0.25) is 0 Å². The van der Waals surface area contributed by atoms with Gasteiger partial charge in [0.2, 0.25) is 0 Å². The third-order valence-corrected chi connectivity index (χ3v) is 4.95. The highest BCUT2D eigenvalue weighted by molar-refractivity contribution is 5.37. The van der Waals surface area contributed by atoms with Gasteiger partial charge in [0, 0.05) is 57.0 Å².